The molecule has 0 saturated carbocycles. The summed E-state index contributed by atoms with van der Waals surface area (Å²) in [5, 5.41) is 0. The molecular weight excluding hydrogens is 167 g/mol. The van der Waals surface area contributed by atoms with Crippen LogP contribution in [0.3, 0.4) is 0 Å². The molecule has 1 aliphatic heterocycles. The molecule has 0 aliphatic carbocycles. The van der Waals surface area contributed by atoms with Crippen molar-refractivity contribution < 1.29 is 17.9 Å². The number of hydrogen-bond donors (Lipinski definition) is 0. The standard InChI is InChI=1S/C4H4F3NOS/c5-4(6,7)9-3-1-8-2-10-3/h1,3H,2H2. The van der Waals surface area contributed by atoms with E-state index in [2.05, 4.69) is 9.73 Å². The van der Waals surface area contributed by atoms with E-state index in [1.54, 1.807) is 0 Å². The summed E-state index contributed by atoms with van der Waals surface area (Å²) in [6.07, 6.45) is -3.40. The average Bonchev–Trinajstić information content (AvgIpc) is 2.12. The molecule has 1 aliphatic rings. The smallest absolute Gasteiger partial charge is 0.283 e. The minimum absolute atomic E-state index is 0.348. The fourth-order valence-electron chi connectivity index (χ4n) is 0.485. The molecule has 2 nitrogen and oxygen atoms in total. The third-order valence-electron chi connectivity index (χ3n) is 0.790. The molecule has 58 valence electrons. The molecule has 0 amide bonds. The SMILES string of the molecule is FC(F)(F)OC1C=NCS1. The van der Waals surface area contributed by atoms with Gasteiger partial charge in [-0.2, -0.15) is 0 Å². The molecule has 0 fully saturated rings. The predicted octanol–water partition coefficient (Wildman–Crippen LogP) is 1.62. The number of rotatable bonds is 1. The lowest BCUT2D eigenvalue weighted by Gasteiger charge is -2.09. The summed E-state index contributed by atoms with van der Waals surface area (Å²) in [5.74, 6) is 0.348. The lowest BCUT2D eigenvalue weighted by Crippen LogP contribution is -2.20. The number of ether oxygens (including phenoxy) is 1. The Hall–Kier alpha value is -0.230. The highest BCUT2D eigenvalue weighted by molar-refractivity contribution is 8.00. The van der Waals surface area contributed by atoms with Gasteiger partial charge in [0.05, 0.1) is 5.88 Å². The zero-order valence-electron chi connectivity index (χ0n) is 4.76. The van der Waals surface area contributed by atoms with E-state index >= 15 is 0 Å². The number of aliphatic imine (C=N–C) groups is 1. The molecular formula is C4H4F3NOS. The third-order valence-corrected chi connectivity index (χ3v) is 1.63. The molecule has 0 bridgehead atoms. The molecule has 1 heterocycles. The Bertz CT molecular complexity index is 146. The first-order valence-corrected chi connectivity index (χ1v) is 3.49. The highest BCUT2D eigenvalue weighted by Crippen LogP contribution is 2.25. The first-order chi connectivity index (χ1) is 4.58. The molecule has 0 aromatic carbocycles. The highest BCUT2D eigenvalue weighted by Gasteiger charge is 2.33. The van der Waals surface area contributed by atoms with E-state index in [1.807, 2.05) is 0 Å². The molecule has 0 saturated heterocycles. The molecule has 6 heteroatoms. The average molecular weight is 171 g/mol. The second-order valence-electron chi connectivity index (χ2n) is 1.56. The Balaban J connectivity index is 2.31. The van der Waals surface area contributed by atoms with Gasteiger partial charge in [-0.25, -0.2) is 0 Å². The molecule has 10 heavy (non-hydrogen) atoms. The fourth-order valence-corrected chi connectivity index (χ4v) is 1.15. The monoisotopic (exact) mass is 171 g/mol. The minimum atomic E-state index is -4.55. The first kappa shape index (κ1) is 7.87. The van der Waals surface area contributed by atoms with Gasteiger partial charge in [0, 0.05) is 6.21 Å². The summed E-state index contributed by atoms with van der Waals surface area (Å²) >= 11 is 1.00. The van der Waals surface area contributed by atoms with Gasteiger partial charge >= 0.3 is 6.36 Å². The number of alkyl halides is 3. The molecule has 0 aromatic heterocycles. The van der Waals surface area contributed by atoms with Crippen LogP contribution in [0.15, 0.2) is 4.99 Å². The molecule has 0 N–H and O–H groups in total. The van der Waals surface area contributed by atoms with Gasteiger partial charge in [0.15, 0.2) is 0 Å². The highest BCUT2D eigenvalue weighted by atomic mass is 32.2. The Morgan fingerprint density at radius 1 is 1.60 bits per heavy atom. The van der Waals surface area contributed by atoms with Crippen LogP contribution >= 0.6 is 11.8 Å². The quantitative estimate of drug-likeness (QED) is 0.598. The van der Waals surface area contributed by atoms with E-state index < -0.39 is 11.8 Å². The van der Waals surface area contributed by atoms with E-state index in [0.717, 1.165) is 18.0 Å². The van der Waals surface area contributed by atoms with Crippen molar-refractivity contribution in [3.8, 4) is 0 Å². The molecule has 1 rings (SSSR count). The van der Waals surface area contributed by atoms with Crippen molar-refractivity contribution in [3.05, 3.63) is 0 Å². The first-order valence-electron chi connectivity index (χ1n) is 2.44. The van der Waals surface area contributed by atoms with Gasteiger partial charge in [-0.3, -0.25) is 9.73 Å². The molecule has 0 radical (unpaired) electrons. The molecule has 0 spiro atoms. The van der Waals surface area contributed by atoms with Crippen LogP contribution in [0.5, 0.6) is 0 Å². The topological polar surface area (TPSA) is 21.6 Å². The van der Waals surface area contributed by atoms with Crippen LogP contribution < -0.4 is 0 Å². The van der Waals surface area contributed by atoms with Crippen molar-refractivity contribution in [3.63, 3.8) is 0 Å². The van der Waals surface area contributed by atoms with Crippen LogP contribution in [0.25, 0.3) is 0 Å². The summed E-state index contributed by atoms with van der Waals surface area (Å²) < 4.78 is 37.8. The van der Waals surface area contributed by atoms with E-state index in [0.29, 0.717) is 5.88 Å². The maximum Gasteiger partial charge on any atom is 0.523 e. The molecule has 1 atom stereocenters. The third kappa shape index (κ3) is 2.57. The van der Waals surface area contributed by atoms with Crippen LogP contribution in [-0.2, 0) is 4.74 Å². The van der Waals surface area contributed by atoms with Gasteiger partial charge in [0.25, 0.3) is 0 Å². The Morgan fingerprint density at radius 3 is 2.70 bits per heavy atom. The van der Waals surface area contributed by atoms with Crippen LogP contribution in [0.1, 0.15) is 0 Å². The molecule has 0 aromatic rings. The Kier molecular flexibility index (Phi) is 2.20. The van der Waals surface area contributed by atoms with Gasteiger partial charge in [-0.15, -0.1) is 24.9 Å². The summed E-state index contributed by atoms with van der Waals surface area (Å²) in [5.41, 5.74) is -0.944. The Morgan fingerprint density at radius 2 is 2.30 bits per heavy atom. The normalized spacial score (nSPS) is 25.7. The van der Waals surface area contributed by atoms with Gasteiger partial charge in [-0.1, -0.05) is 0 Å². The van der Waals surface area contributed by atoms with Gasteiger partial charge in [0.2, 0.25) is 0 Å². The Labute approximate surface area is 59.5 Å². The van der Waals surface area contributed by atoms with Crippen molar-refractivity contribution in [2.75, 3.05) is 5.88 Å². The zero-order valence-corrected chi connectivity index (χ0v) is 5.58. The lowest BCUT2D eigenvalue weighted by atomic mass is 10.8. The maximum absolute atomic E-state index is 11.4. The van der Waals surface area contributed by atoms with E-state index in [-0.39, 0.29) is 0 Å². The summed E-state index contributed by atoms with van der Waals surface area (Å²) in [6.45, 7) is 0. The van der Waals surface area contributed by atoms with E-state index in [9.17, 15) is 13.2 Å². The number of nitrogens with zero attached hydrogens (tertiary/aromatic N) is 1. The lowest BCUT2D eigenvalue weighted by molar-refractivity contribution is -0.322. The largest absolute Gasteiger partial charge is 0.523 e. The van der Waals surface area contributed by atoms with Crippen LogP contribution in [0, 0.1) is 0 Å². The minimum Gasteiger partial charge on any atom is -0.283 e. The molecule has 1 unspecified atom stereocenters. The zero-order chi connectivity index (χ0) is 7.61. The predicted molar refractivity (Wildman–Crippen MR) is 31.9 cm³/mol. The second kappa shape index (κ2) is 2.79. The second-order valence-corrected chi connectivity index (χ2v) is 2.62. The maximum atomic E-state index is 11.4. The summed E-state index contributed by atoms with van der Waals surface area (Å²) in [7, 11) is 0. The number of hydrogen-bond acceptors (Lipinski definition) is 3. The van der Waals surface area contributed by atoms with Crippen molar-refractivity contribution in [2.45, 2.75) is 11.8 Å². The van der Waals surface area contributed by atoms with Gasteiger partial charge in [0.1, 0.15) is 5.44 Å². The number of thioether (sulfide) groups is 1. The van der Waals surface area contributed by atoms with Crippen molar-refractivity contribution >= 4 is 18.0 Å². The van der Waals surface area contributed by atoms with Crippen molar-refractivity contribution in [2.24, 2.45) is 4.99 Å². The number of halogens is 3. The van der Waals surface area contributed by atoms with Gasteiger partial charge in [-0.05, 0) is 0 Å². The summed E-state index contributed by atoms with van der Waals surface area (Å²) in [4.78, 5) is 3.56. The van der Waals surface area contributed by atoms with E-state index in [1.165, 1.54) is 0 Å². The van der Waals surface area contributed by atoms with Crippen LogP contribution in [0.4, 0.5) is 13.2 Å². The van der Waals surface area contributed by atoms with Gasteiger partial charge < -0.3 is 0 Å². The van der Waals surface area contributed by atoms with E-state index in [4.69, 9.17) is 0 Å². The van der Waals surface area contributed by atoms with Crippen LogP contribution in [0.2, 0.25) is 0 Å². The van der Waals surface area contributed by atoms with Crippen molar-refractivity contribution in [1.29, 1.82) is 0 Å². The van der Waals surface area contributed by atoms with Crippen molar-refractivity contribution in [1.82, 2.24) is 0 Å². The fraction of sp³-hybridized carbons (Fsp3) is 0.750. The summed E-state index contributed by atoms with van der Waals surface area (Å²) in [6, 6.07) is 0. The van der Waals surface area contributed by atoms with Crippen LogP contribution in [-0.4, -0.2) is 23.9 Å².